The summed E-state index contributed by atoms with van der Waals surface area (Å²) < 4.78 is 4.73. The molecule has 1 rings (SSSR count). The van der Waals surface area contributed by atoms with Crippen molar-refractivity contribution >= 4 is 5.82 Å². The van der Waals surface area contributed by atoms with Gasteiger partial charge in [0.1, 0.15) is 5.82 Å². The number of methoxy groups -OCH3 is 1. The number of nitrogens with one attached hydrogen (secondary N) is 1. The first-order chi connectivity index (χ1) is 5.69. The first kappa shape index (κ1) is 8.58. The van der Waals surface area contributed by atoms with E-state index in [4.69, 9.17) is 10.5 Å². The van der Waals surface area contributed by atoms with Crippen LogP contribution in [0.1, 0.15) is 12.5 Å². The second-order valence-electron chi connectivity index (χ2n) is 2.29. The summed E-state index contributed by atoms with van der Waals surface area (Å²) >= 11 is 0. The number of nitrogen functional groups attached to an aromatic ring is 1. The van der Waals surface area contributed by atoms with Crippen LogP contribution in [0.15, 0.2) is 4.79 Å². The quantitative estimate of drug-likeness (QED) is 0.649. The number of rotatable bonds is 2. The van der Waals surface area contributed by atoms with Gasteiger partial charge in [0.05, 0.1) is 12.7 Å². The van der Waals surface area contributed by atoms with Gasteiger partial charge in [-0.15, -0.1) is 0 Å². The van der Waals surface area contributed by atoms with Gasteiger partial charge in [-0.2, -0.15) is 4.98 Å². The summed E-state index contributed by atoms with van der Waals surface area (Å²) in [5.74, 6) is 0.234. The Bertz CT molecular complexity index is 332. The molecule has 0 amide bonds. The van der Waals surface area contributed by atoms with Crippen LogP contribution in [0, 0.1) is 0 Å². The molecule has 0 fully saturated rings. The van der Waals surface area contributed by atoms with Gasteiger partial charge in [0.15, 0.2) is 0 Å². The van der Waals surface area contributed by atoms with Gasteiger partial charge in [-0.1, -0.05) is 6.92 Å². The van der Waals surface area contributed by atoms with Crippen LogP contribution < -0.4 is 16.0 Å². The van der Waals surface area contributed by atoms with Crippen LogP contribution in [0.5, 0.6) is 6.01 Å². The predicted octanol–water partition coefficient (Wildman–Crippen LogP) is -0.0769. The van der Waals surface area contributed by atoms with Crippen LogP contribution >= 0.6 is 0 Å². The molecule has 0 aromatic carbocycles. The second-order valence-corrected chi connectivity index (χ2v) is 2.29. The van der Waals surface area contributed by atoms with Gasteiger partial charge in [0.2, 0.25) is 0 Å². The number of hydrogen-bond acceptors (Lipinski definition) is 4. The van der Waals surface area contributed by atoms with Gasteiger partial charge in [0, 0.05) is 0 Å². The number of anilines is 1. The predicted molar refractivity (Wildman–Crippen MR) is 45.2 cm³/mol. The number of ether oxygens (including phenoxy) is 1. The number of hydrogen-bond donors (Lipinski definition) is 2. The van der Waals surface area contributed by atoms with Gasteiger partial charge in [-0.05, 0) is 6.42 Å². The van der Waals surface area contributed by atoms with Crippen molar-refractivity contribution in [2.75, 3.05) is 12.8 Å². The monoisotopic (exact) mass is 169 g/mol. The van der Waals surface area contributed by atoms with Crippen molar-refractivity contribution in [2.24, 2.45) is 0 Å². The van der Waals surface area contributed by atoms with E-state index in [9.17, 15) is 4.79 Å². The van der Waals surface area contributed by atoms with E-state index in [1.165, 1.54) is 7.11 Å². The van der Waals surface area contributed by atoms with Gasteiger partial charge < -0.3 is 10.5 Å². The average Bonchev–Trinajstić information content (AvgIpc) is 2.03. The molecule has 3 N–H and O–H groups in total. The number of H-pyrrole nitrogens is 1. The summed E-state index contributed by atoms with van der Waals surface area (Å²) in [5, 5.41) is 0. The number of nitrogens with two attached hydrogens (primary N) is 1. The Morgan fingerprint density at radius 2 is 2.33 bits per heavy atom. The summed E-state index contributed by atoms with van der Waals surface area (Å²) in [7, 11) is 1.42. The fourth-order valence-corrected chi connectivity index (χ4v) is 0.932. The molecule has 5 nitrogen and oxygen atoms in total. The maximum atomic E-state index is 11.2. The molecule has 0 unspecified atom stereocenters. The Hall–Kier alpha value is -1.52. The Kier molecular flexibility index (Phi) is 2.32. The summed E-state index contributed by atoms with van der Waals surface area (Å²) in [6, 6.07) is 0.148. The van der Waals surface area contributed by atoms with Crippen molar-refractivity contribution < 1.29 is 4.74 Å². The number of aromatic amines is 1. The molecule has 5 heteroatoms. The highest BCUT2D eigenvalue weighted by atomic mass is 16.5. The molecule has 66 valence electrons. The molecule has 0 aliphatic carbocycles. The minimum Gasteiger partial charge on any atom is -0.468 e. The van der Waals surface area contributed by atoms with E-state index in [2.05, 4.69) is 9.97 Å². The van der Waals surface area contributed by atoms with Crippen molar-refractivity contribution in [3.8, 4) is 6.01 Å². The van der Waals surface area contributed by atoms with Crippen LogP contribution in [-0.4, -0.2) is 17.1 Å². The maximum Gasteiger partial charge on any atom is 0.298 e. The van der Waals surface area contributed by atoms with Gasteiger partial charge in [-0.3, -0.25) is 9.78 Å². The zero-order valence-corrected chi connectivity index (χ0v) is 7.05. The summed E-state index contributed by atoms with van der Waals surface area (Å²) in [6.07, 6.45) is 0.568. The van der Waals surface area contributed by atoms with Crippen molar-refractivity contribution in [3.63, 3.8) is 0 Å². The smallest absolute Gasteiger partial charge is 0.298 e. The average molecular weight is 169 g/mol. The van der Waals surface area contributed by atoms with E-state index in [1.54, 1.807) is 0 Å². The highest BCUT2D eigenvalue weighted by Crippen LogP contribution is 2.06. The first-order valence-corrected chi connectivity index (χ1v) is 3.61. The van der Waals surface area contributed by atoms with Crippen LogP contribution in [0.4, 0.5) is 5.82 Å². The fourth-order valence-electron chi connectivity index (χ4n) is 0.932. The molecule has 1 aromatic rings. The summed E-state index contributed by atoms with van der Waals surface area (Å²) in [4.78, 5) is 17.5. The molecule has 0 bridgehead atoms. The third-order valence-corrected chi connectivity index (χ3v) is 1.57. The molecule has 0 radical (unpaired) electrons. The van der Waals surface area contributed by atoms with Crippen LogP contribution in [0.2, 0.25) is 0 Å². The lowest BCUT2D eigenvalue weighted by atomic mass is 10.2. The summed E-state index contributed by atoms with van der Waals surface area (Å²) in [5.41, 5.74) is 5.76. The number of nitrogens with zero attached hydrogens (tertiary/aromatic N) is 1. The Morgan fingerprint density at radius 3 is 2.75 bits per heavy atom. The molecule has 0 saturated heterocycles. The second kappa shape index (κ2) is 3.25. The van der Waals surface area contributed by atoms with E-state index < -0.39 is 0 Å². The standard InChI is InChI=1S/C7H11N3O2/c1-3-4-5(8)9-7(12-2)10-6(4)11/h3H2,1-2H3,(H3,8,9,10,11). The normalized spacial score (nSPS) is 9.83. The van der Waals surface area contributed by atoms with E-state index in [-0.39, 0.29) is 17.4 Å². The molecule has 1 heterocycles. The van der Waals surface area contributed by atoms with E-state index in [1.807, 2.05) is 6.92 Å². The number of aromatic nitrogens is 2. The van der Waals surface area contributed by atoms with Crippen LogP contribution in [0.3, 0.4) is 0 Å². The lowest BCUT2D eigenvalue weighted by Gasteiger charge is -2.02. The fraction of sp³-hybridized carbons (Fsp3) is 0.429. The molecular formula is C7H11N3O2. The highest BCUT2D eigenvalue weighted by Gasteiger charge is 2.05. The lowest BCUT2D eigenvalue weighted by Crippen LogP contribution is -2.17. The lowest BCUT2D eigenvalue weighted by molar-refractivity contribution is 0.378. The van der Waals surface area contributed by atoms with E-state index >= 15 is 0 Å². The molecule has 1 aromatic heterocycles. The SMILES string of the molecule is CCc1c(N)nc(OC)[nH]c1=O. The van der Waals surface area contributed by atoms with Gasteiger partial charge >= 0.3 is 0 Å². The van der Waals surface area contributed by atoms with E-state index in [0.29, 0.717) is 12.0 Å². The van der Waals surface area contributed by atoms with E-state index in [0.717, 1.165) is 0 Å². The minimum absolute atomic E-state index is 0.148. The zero-order chi connectivity index (χ0) is 9.14. The Balaban J connectivity index is 3.28. The molecule has 12 heavy (non-hydrogen) atoms. The van der Waals surface area contributed by atoms with Crippen molar-refractivity contribution in [1.82, 2.24) is 9.97 Å². The third-order valence-electron chi connectivity index (χ3n) is 1.57. The van der Waals surface area contributed by atoms with Crippen LogP contribution in [0.25, 0.3) is 0 Å². The van der Waals surface area contributed by atoms with Crippen molar-refractivity contribution in [1.29, 1.82) is 0 Å². The third kappa shape index (κ3) is 1.39. The van der Waals surface area contributed by atoms with Crippen molar-refractivity contribution in [3.05, 3.63) is 15.9 Å². The molecule has 0 spiro atoms. The zero-order valence-electron chi connectivity index (χ0n) is 7.05. The largest absolute Gasteiger partial charge is 0.468 e. The first-order valence-electron chi connectivity index (χ1n) is 3.61. The Morgan fingerprint density at radius 1 is 1.67 bits per heavy atom. The molecular weight excluding hydrogens is 158 g/mol. The van der Waals surface area contributed by atoms with Crippen molar-refractivity contribution in [2.45, 2.75) is 13.3 Å². The molecule has 0 saturated carbocycles. The topological polar surface area (TPSA) is 81.0 Å². The minimum atomic E-state index is -0.234. The molecule has 0 aliphatic heterocycles. The maximum absolute atomic E-state index is 11.2. The highest BCUT2D eigenvalue weighted by molar-refractivity contribution is 5.38. The van der Waals surface area contributed by atoms with Crippen LogP contribution in [-0.2, 0) is 6.42 Å². The molecule has 0 aliphatic rings. The molecule has 0 atom stereocenters. The van der Waals surface area contributed by atoms with Gasteiger partial charge in [0.25, 0.3) is 11.6 Å². The summed E-state index contributed by atoms with van der Waals surface area (Å²) in [6.45, 7) is 1.84. The van der Waals surface area contributed by atoms with Gasteiger partial charge in [-0.25, -0.2) is 0 Å². The Labute approximate surface area is 69.6 Å².